The first-order chi connectivity index (χ1) is 27.2. The molecule has 11 rings (SSSR count). The molecule has 280 valence electrons. The molecule has 8 heteroatoms. The van der Waals surface area contributed by atoms with Gasteiger partial charge in [0.15, 0.2) is 0 Å². The Morgan fingerprint density at radius 3 is 1.29 bits per heavy atom. The Labute approximate surface area is 375 Å². The van der Waals surface area contributed by atoms with Crippen LogP contribution in [0.25, 0.3) is 44.1 Å². The SMILES string of the molecule is CC1=[C]2[Zr+2][C]3=C(C)C(=S)C4=C(c5cnc6ccccc6c5)C(=C(c5ccccc5)C34)[Si](C)(C)C3=C(c4ccccc4)C2C(=C3c2cnc3ccccc3c2)C1=S.[Cl-].[Cl-]. The average molecular weight is 919 g/mol. The minimum absolute atomic E-state index is 0. The van der Waals surface area contributed by atoms with Crippen molar-refractivity contribution in [3.8, 4) is 0 Å². The number of pyridine rings is 2. The van der Waals surface area contributed by atoms with Crippen LogP contribution >= 0.6 is 24.4 Å². The van der Waals surface area contributed by atoms with E-state index in [4.69, 9.17) is 34.4 Å². The van der Waals surface area contributed by atoms with Gasteiger partial charge in [-0.1, -0.05) is 0 Å². The number of allylic oxidation sites excluding steroid dienone is 12. The van der Waals surface area contributed by atoms with Crippen molar-refractivity contribution >= 4 is 86.3 Å². The molecule has 4 aliphatic carbocycles. The second kappa shape index (κ2) is 14.6. The fourth-order valence-corrected chi connectivity index (χ4v) is 19.8. The third-order valence-corrected chi connectivity index (χ3v) is 21.9. The molecule has 2 atom stereocenters. The molecule has 4 bridgehead atoms. The number of fused-ring (bicyclic) bond motifs is 2. The Kier molecular flexibility index (Phi) is 9.95. The van der Waals surface area contributed by atoms with Crippen molar-refractivity contribution in [1.29, 1.82) is 0 Å². The van der Waals surface area contributed by atoms with E-state index in [1.807, 2.05) is 0 Å². The average Bonchev–Trinajstić information content (AvgIpc) is 3.91. The topological polar surface area (TPSA) is 25.8 Å². The van der Waals surface area contributed by atoms with Gasteiger partial charge in [0.05, 0.1) is 0 Å². The molecule has 0 N–H and O–H groups in total. The van der Waals surface area contributed by atoms with Crippen molar-refractivity contribution in [2.45, 2.75) is 26.9 Å². The van der Waals surface area contributed by atoms with E-state index in [1.165, 1.54) is 66.1 Å². The zero-order chi connectivity index (χ0) is 38.0. The quantitative estimate of drug-likeness (QED) is 0.152. The summed E-state index contributed by atoms with van der Waals surface area (Å²) in [6.07, 6.45) is 4.25. The number of para-hydroxylation sites is 2. The van der Waals surface area contributed by atoms with Crippen LogP contribution in [0.5, 0.6) is 0 Å². The first kappa shape index (κ1) is 39.5. The van der Waals surface area contributed by atoms with E-state index in [-0.39, 0.29) is 36.6 Å². The van der Waals surface area contributed by atoms with Crippen molar-refractivity contribution < 1.29 is 48.0 Å². The summed E-state index contributed by atoms with van der Waals surface area (Å²) in [4.78, 5) is 12.3. The second-order valence-electron chi connectivity index (χ2n) is 16.1. The maximum atomic E-state index is 6.64. The number of rotatable bonds is 4. The first-order valence-corrected chi connectivity index (χ1v) is 25.6. The normalized spacial score (nSPS) is 20.3. The molecule has 3 heterocycles. The van der Waals surface area contributed by atoms with E-state index < -0.39 is 31.3 Å². The van der Waals surface area contributed by atoms with Crippen molar-refractivity contribution in [3.05, 3.63) is 195 Å². The van der Waals surface area contributed by atoms with Crippen molar-refractivity contribution in [2.24, 2.45) is 11.8 Å². The molecule has 4 aromatic carbocycles. The van der Waals surface area contributed by atoms with Crippen LogP contribution in [-0.2, 0) is 23.2 Å². The molecule has 6 aromatic rings. The standard InChI is InChI=1S/C50H36N2S2Si.2ClH.Zr/c1-29-23-37-41(31-15-7-5-8-16-31)49(43(45(37)47(29)53)35-25-33-19-11-13-21-39(33)51-27-35)55(3,4)50-42(32-17-9-6-10-18-32)38-24-30(2)48(54)46(38)44(50)36-26-34-20-12-14-22-40(34)52-28-36;;;/h5-22,25-28,37-38H,1-4H3;2*1H;/q;;;+2/p-2. The third-order valence-electron chi connectivity index (χ3n) is 12.7. The van der Waals surface area contributed by atoms with Crippen molar-refractivity contribution in [3.63, 3.8) is 0 Å². The molecular formula is C50H36Cl2N2S2SiZr. The molecule has 0 spiro atoms. The number of aromatic nitrogens is 2. The summed E-state index contributed by atoms with van der Waals surface area (Å²) in [6.45, 7) is 9.85. The van der Waals surface area contributed by atoms with Gasteiger partial charge in [-0.2, -0.15) is 0 Å². The van der Waals surface area contributed by atoms with Crippen LogP contribution in [0.15, 0.2) is 173 Å². The van der Waals surface area contributed by atoms with Crippen LogP contribution < -0.4 is 24.8 Å². The Bertz CT molecular complexity index is 2830. The molecule has 2 unspecified atom stereocenters. The fraction of sp³-hybridized carbons (Fsp3) is 0.120. The summed E-state index contributed by atoms with van der Waals surface area (Å²) in [5.74, 6) is 0.281. The van der Waals surface area contributed by atoms with Gasteiger partial charge in [0.25, 0.3) is 0 Å². The maximum Gasteiger partial charge on any atom is -1.00 e. The molecule has 2 aromatic heterocycles. The van der Waals surface area contributed by atoms with Crippen LogP contribution in [0.4, 0.5) is 0 Å². The zero-order valence-corrected chi connectivity index (χ0v) is 38.9. The summed E-state index contributed by atoms with van der Waals surface area (Å²) in [6, 6.07) is 44.2. The van der Waals surface area contributed by atoms with Gasteiger partial charge >= 0.3 is 354 Å². The van der Waals surface area contributed by atoms with Crippen LogP contribution in [-0.4, -0.2) is 27.8 Å². The van der Waals surface area contributed by atoms with Gasteiger partial charge in [-0.15, -0.1) is 0 Å². The summed E-state index contributed by atoms with van der Waals surface area (Å²) in [7, 11) is -2.76. The smallest absolute Gasteiger partial charge is 1.00 e. The molecule has 1 aliphatic heterocycles. The van der Waals surface area contributed by atoms with Gasteiger partial charge in [0.1, 0.15) is 0 Å². The predicted octanol–water partition coefficient (Wildman–Crippen LogP) is 6.36. The molecule has 0 amide bonds. The Morgan fingerprint density at radius 1 is 0.500 bits per heavy atom. The second-order valence-corrected chi connectivity index (χ2v) is 24.4. The molecule has 2 nitrogen and oxygen atoms in total. The summed E-state index contributed by atoms with van der Waals surface area (Å²) < 4.78 is 3.18. The first-order valence-electron chi connectivity index (χ1n) is 19.3. The van der Waals surface area contributed by atoms with Crippen LogP contribution in [0.1, 0.15) is 36.1 Å². The molecule has 0 radical (unpaired) electrons. The number of hydrogen-bond acceptors (Lipinski definition) is 4. The minimum Gasteiger partial charge on any atom is -1.00 e. The molecule has 5 aliphatic rings. The number of benzene rings is 4. The van der Waals surface area contributed by atoms with E-state index in [2.05, 4.69) is 161 Å². The van der Waals surface area contributed by atoms with Gasteiger partial charge in [0, 0.05) is 0 Å². The van der Waals surface area contributed by atoms with Gasteiger partial charge in [0.2, 0.25) is 0 Å². The summed E-state index contributed by atoms with van der Waals surface area (Å²) >= 11 is 11.8. The largest absolute Gasteiger partial charge is 1.00 e. The molecular weight excluding hydrogens is 883 g/mol. The molecule has 0 saturated carbocycles. The third kappa shape index (κ3) is 5.56. The van der Waals surface area contributed by atoms with E-state index >= 15 is 0 Å². The number of hydrogen-bond donors (Lipinski definition) is 0. The van der Waals surface area contributed by atoms with Crippen LogP contribution in [0.3, 0.4) is 0 Å². The van der Waals surface area contributed by atoms with Crippen molar-refractivity contribution in [1.82, 2.24) is 9.97 Å². The zero-order valence-electron chi connectivity index (χ0n) is 32.3. The van der Waals surface area contributed by atoms with Gasteiger partial charge < -0.3 is 24.8 Å². The van der Waals surface area contributed by atoms with E-state index in [1.54, 1.807) is 6.56 Å². The monoisotopic (exact) mass is 916 g/mol. The van der Waals surface area contributed by atoms with Crippen LogP contribution in [0.2, 0.25) is 13.1 Å². The number of thiocarbonyl (C=S) groups is 2. The number of halogens is 2. The van der Waals surface area contributed by atoms with Gasteiger partial charge in [-0.3, -0.25) is 0 Å². The number of nitrogens with zero attached hydrogens (tertiary/aromatic N) is 2. The minimum atomic E-state index is -2.76. The van der Waals surface area contributed by atoms with Crippen molar-refractivity contribution in [2.75, 3.05) is 0 Å². The van der Waals surface area contributed by atoms with Gasteiger partial charge in [-0.25, -0.2) is 0 Å². The molecule has 58 heavy (non-hydrogen) atoms. The Morgan fingerprint density at radius 2 is 0.879 bits per heavy atom. The Hall–Kier alpha value is -4.00. The van der Waals surface area contributed by atoms with Gasteiger partial charge in [-0.05, 0) is 0 Å². The Balaban J connectivity index is 0.00000218. The van der Waals surface area contributed by atoms with E-state index in [0.29, 0.717) is 0 Å². The van der Waals surface area contributed by atoms with Crippen LogP contribution in [0, 0.1) is 11.8 Å². The van der Waals surface area contributed by atoms with E-state index in [0.717, 1.165) is 42.7 Å². The van der Waals surface area contributed by atoms with E-state index in [9.17, 15) is 0 Å². The molecule has 0 saturated heterocycles. The molecule has 0 fully saturated rings. The summed E-state index contributed by atoms with van der Waals surface area (Å²) in [5.41, 5.74) is 17.8. The predicted molar refractivity (Wildman–Crippen MR) is 239 cm³/mol. The maximum absolute atomic E-state index is 6.64. The summed E-state index contributed by atoms with van der Waals surface area (Å²) in [5, 5.41) is 5.27. The fourth-order valence-electron chi connectivity index (χ4n) is 10.3.